The van der Waals surface area contributed by atoms with Crippen molar-refractivity contribution in [3.8, 4) is 0 Å². The van der Waals surface area contributed by atoms with Crippen LogP contribution in [0.4, 0.5) is 0 Å². The molecule has 0 aliphatic heterocycles. The van der Waals surface area contributed by atoms with Gasteiger partial charge in [-0.05, 0) is 47.9 Å². The van der Waals surface area contributed by atoms with E-state index in [4.69, 9.17) is 5.73 Å². The maximum absolute atomic E-state index is 6.19. The summed E-state index contributed by atoms with van der Waals surface area (Å²) in [7, 11) is 0. The molecule has 0 fully saturated rings. The van der Waals surface area contributed by atoms with E-state index >= 15 is 0 Å². The molecular weight excluding hydrogens is 170 g/mol. The number of benzene rings is 1. The third-order valence-electron chi connectivity index (χ3n) is 3.45. The zero-order valence-electron chi connectivity index (χ0n) is 9.52. The smallest absolute Gasteiger partial charge is 0.0308 e. The molecule has 2 rings (SSSR count). The van der Waals surface area contributed by atoms with E-state index in [2.05, 4.69) is 39.8 Å². The van der Waals surface area contributed by atoms with E-state index in [1.807, 2.05) is 0 Å². The molecule has 2 N–H and O–H groups in total. The van der Waals surface area contributed by atoms with E-state index in [9.17, 15) is 0 Å². The minimum absolute atomic E-state index is 0.236. The van der Waals surface area contributed by atoms with Crippen LogP contribution in [-0.2, 0) is 5.41 Å². The minimum atomic E-state index is 0.236. The van der Waals surface area contributed by atoms with Gasteiger partial charge < -0.3 is 5.73 Å². The van der Waals surface area contributed by atoms with Crippen LogP contribution in [0.3, 0.4) is 0 Å². The van der Waals surface area contributed by atoms with Crippen LogP contribution in [0.2, 0.25) is 0 Å². The second-order valence-corrected chi connectivity index (χ2v) is 5.18. The molecule has 0 heterocycles. The first-order valence-corrected chi connectivity index (χ1v) is 5.29. The van der Waals surface area contributed by atoms with Gasteiger partial charge in [0, 0.05) is 6.04 Å². The van der Waals surface area contributed by atoms with E-state index in [0.29, 0.717) is 0 Å². The molecule has 1 nitrogen and oxygen atoms in total. The van der Waals surface area contributed by atoms with Crippen molar-refractivity contribution >= 4 is 0 Å². The van der Waals surface area contributed by atoms with Crippen LogP contribution in [0.5, 0.6) is 0 Å². The van der Waals surface area contributed by atoms with Gasteiger partial charge in [-0.2, -0.15) is 0 Å². The van der Waals surface area contributed by atoms with Crippen molar-refractivity contribution < 1.29 is 0 Å². The topological polar surface area (TPSA) is 26.0 Å². The Morgan fingerprint density at radius 1 is 1.21 bits per heavy atom. The fourth-order valence-corrected chi connectivity index (χ4v) is 2.96. The zero-order valence-corrected chi connectivity index (χ0v) is 9.52. The van der Waals surface area contributed by atoms with Gasteiger partial charge in [-0.15, -0.1) is 0 Å². The average molecular weight is 189 g/mol. The third kappa shape index (κ3) is 1.19. The highest BCUT2D eigenvalue weighted by Gasteiger charge is 2.36. The van der Waals surface area contributed by atoms with E-state index in [-0.39, 0.29) is 11.5 Å². The number of fused-ring (bicyclic) bond motifs is 1. The van der Waals surface area contributed by atoms with Crippen molar-refractivity contribution in [2.24, 2.45) is 5.73 Å². The molecule has 1 aliphatic carbocycles. The van der Waals surface area contributed by atoms with E-state index < -0.39 is 0 Å². The molecular formula is C13H19N. The maximum atomic E-state index is 6.19. The van der Waals surface area contributed by atoms with Crippen LogP contribution < -0.4 is 5.73 Å². The van der Waals surface area contributed by atoms with E-state index in [1.165, 1.54) is 22.3 Å². The molecule has 0 saturated heterocycles. The second-order valence-electron chi connectivity index (χ2n) is 5.18. The highest BCUT2D eigenvalue weighted by molar-refractivity contribution is 5.49. The fourth-order valence-electron chi connectivity index (χ4n) is 2.96. The Kier molecular flexibility index (Phi) is 1.97. The fraction of sp³-hybridized carbons (Fsp3) is 0.538. The zero-order chi connectivity index (χ0) is 10.5. The van der Waals surface area contributed by atoms with Gasteiger partial charge in [0.1, 0.15) is 0 Å². The standard InChI is InChI=1S/C13H19N/c1-8-5-6-9(2)12-11(8)10(14)7-13(12,3)4/h5-6,10H,7,14H2,1-4H3. The normalized spacial score (nSPS) is 23.6. The van der Waals surface area contributed by atoms with Crippen LogP contribution >= 0.6 is 0 Å². The first kappa shape index (κ1) is 9.72. The third-order valence-corrected chi connectivity index (χ3v) is 3.45. The quantitative estimate of drug-likeness (QED) is 0.667. The predicted octanol–water partition coefficient (Wildman–Crippen LogP) is 2.98. The lowest BCUT2D eigenvalue weighted by Gasteiger charge is -2.21. The molecule has 0 amide bonds. The first-order chi connectivity index (χ1) is 6.43. The lowest BCUT2D eigenvalue weighted by molar-refractivity contribution is 0.480. The van der Waals surface area contributed by atoms with Crippen molar-refractivity contribution in [2.45, 2.75) is 45.6 Å². The Morgan fingerprint density at radius 2 is 1.79 bits per heavy atom. The summed E-state index contributed by atoms with van der Waals surface area (Å²) in [6, 6.07) is 4.64. The summed E-state index contributed by atoms with van der Waals surface area (Å²) in [4.78, 5) is 0. The van der Waals surface area contributed by atoms with E-state index in [1.54, 1.807) is 0 Å². The average Bonchev–Trinajstić information content (AvgIpc) is 2.30. The van der Waals surface area contributed by atoms with Crippen molar-refractivity contribution in [1.82, 2.24) is 0 Å². The highest BCUT2D eigenvalue weighted by atomic mass is 14.7. The number of nitrogens with two attached hydrogens (primary N) is 1. The van der Waals surface area contributed by atoms with Crippen LogP contribution in [0.15, 0.2) is 12.1 Å². The minimum Gasteiger partial charge on any atom is -0.324 e. The Balaban J connectivity index is 2.73. The van der Waals surface area contributed by atoms with Crippen molar-refractivity contribution in [1.29, 1.82) is 0 Å². The maximum Gasteiger partial charge on any atom is 0.0308 e. The molecule has 0 bridgehead atoms. The molecule has 0 radical (unpaired) electrons. The Bertz CT molecular complexity index is 377. The molecule has 1 unspecified atom stereocenters. The van der Waals surface area contributed by atoms with Crippen LogP contribution in [-0.4, -0.2) is 0 Å². The van der Waals surface area contributed by atoms with Gasteiger partial charge in [-0.1, -0.05) is 26.0 Å². The second kappa shape index (κ2) is 2.83. The number of rotatable bonds is 0. The molecule has 1 aliphatic rings. The molecule has 0 aromatic heterocycles. The molecule has 1 heteroatoms. The largest absolute Gasteiger partial charge is 0.324 e. The lowest BCUT2D eigenvalue weighted by atomic mass is 9.83. The lowest BCUT2D eigenvalue weighted by Crippen LogP contribution is -2.15. The molecule has 0 spiro atoms. The van der Waals surface area contributed by atoms with Gasteiger partial charge in [0.05, 0.1) is 0 Å². The summed E-state index contributed by atoms with van der Waals surface area (Å²) in [5.41, 5.74) is 12.1. The predicted molar refractivity (Wildman–Crippen MR) is 60.5 cm³/mol. The van der Waals surface area contributed by atoms with Crippen molar-refractivity contribution in [3.63, 3.8) is 0 Å². The number of hydrogen-bond donors (Lipinski definition) is 1. The number of aryl methyl sites for hydroxylation is 2. The Morgan fingerprint density at radius 3 is 2.36 bits per heavy atom. The summed E-state index contributed by atoms with van der Waals surface area (Å²) in [6.07, 6.45) is 1.08. The first-order valence-electron chi connectivity index (χ1n) is 5.29. The van der Waals surface area contributed by atoms with Gasteiger partial charge >= 0.3 is 0 Å². The summed E-state index contributed by atoms with van der Waals surface area (Å²) < 4.78 is 0. The highest BCUT2D eigenvalue weighted by Crippen LogP contribution is 2.46. The SMILES string of the molecule is Cc1ccc(C)c2c1C(N)CC2(C)C. The van der Waals surface area contributed by atoms with Crippen LogP contribution in [0.25, 0.3) is 0 Å². The molecule has 76 valence electrons. The van der Waals surface area contributed by atoms with Gasteiger partial charge in [0.15, 0.2) is 0 Å². The van der Waals surface area contributed by atoms with E-state index in [0.717, 1.165) is 6.42 Å². The summed E-state index contributed by atoms with van der Waals surface area (Å²) >= 11 is 0. The van der Waals surface area contributed by atoms with Crippen molar-refractivity contribution in [3.05, 3.63) is 34.4 Å². The molecule has 14 heavy (non-hydrogen) atoms. The summed E-state index contributed by atoms with van der Waals surface area (Å²) in [5.74, 6) is 0. The van der Waals surface area contributed by atoms with Gasteiger partial charge in [-0.25, -0.2) is 0 Å². The van der Waals surface area contributed by atoms with Crippen LogP contribution in [0, 0.1) is 13.8 Å². The molecule has 1 atom stereocenters. The van der Waals surface area contributed by atoms with Gasteiger partial charge in [0.2, 0.25) is 0 Å². The summed E-state index contributed by atoms with van der Waals surface area (Å²) in [6.45, 7) is 8.95. The monoisotopic (exact) mass is 189 g/mol. The van der Waals surface area contributed by atoms with Gasteiger partial charge in [-0.3, -0.25) is 0 Å². The molecule has 1 aromatic rings. The number of hydrogen-bond acceptors (Lipinski definition) is 1. The molecule has 1 aromatic carbocycles. The Hall–Kier alpha value is -0.820. The molecule has 0 saturated carbocycles. The van der Waals surface area contributed by atoms with Crippen molar-refractivity contribution in [2.75, 3.05) is 0 Å². The van der Waals surface area contributed by atoms with Crippen LogP contribution in [0.1, 0.15) is 48.6 Å². The van der Waals surface area contributed by atoms with Gasteiger partial charge in [0.25, 0.3) is 0 Å². The summed E-state index contributed by atoms with van der Waals surface area (Å²) in [5, 5.41) is 0. The Labute approximate surface area is 86.3 Å².